The van der Waals surface area contributed by atoms with Crippen LogP contribution in [0.5, 0.6) is 0 Å². The number of hydrogen-bond acceptors (Lipinski definition) is 4. The van der Waals surface area contributed by atoms with E-state index in [-0.39, 0.29) is 31.2 Å². The summed E-state index contributed by atoms with van der Waals surface area (Å²) >= 11 is 0. The summed E-state index contributed by atoms with van der Waals surface area (Å²) in [5, 5.41) is 13.4. The van der Waals surface area contributed by atoms with E-state index in [0.29, 0.717) is 11.4 Å². The van der Waals surface area contributed by atoms with Crippen molar-refractivity contribution in [2.75, 3.05) is 16.8 Å². The molecule has 2 aliphatic rings. The number of nitrogens with zero attached hydrogens (tertiary/aromatic N) is 2. The molecule has 7 heteroatoms. The number of para-hydroxylation sites is 2. The van der Waals surface area contributed by atoms with Crippen LogP contribution in [0.15, 0.2) is 24.3 Å². The molecule has 1 aliphatic carbocycles. The van der Waals surface area contributed by atoms with E-state index in [2.05, 4.69) is 5.32 Å². The van der Waals surface area contributed by atoms with E-state index in [1.54, 1.807) is 24.3 Å². The van der Waals surface area contributed by atoms with E-state index in [1.807, 2.05) is 0 Å². The van der Waals surface area contributed by atoms with E-state index in [4.69, 9.17) is 0 Å². The average molecular weight is 275 g/mol. The molecule has 1 aromatic carbocycles. The Kier molecular flexibility index (Phi) is 2.89. The molecule has 1 saturated carbocycles. The maximum Gasteiger partial charge on any atom is 0.237 e. The molecule has 0 spiro atoms. The summed E-state index contributed by atoms with van der Waals surface area (Å²) in [6.45, 7) is 0.253. The predicted molar refractivity (Wildman–Crippen MR) is 70.9 cm³/mol. The van der Waals surface area contributed by atoms with Crippen LogP contribution in [-0.4, -0.2) is 29.3 Å². The van der Waals surface area contributed by atoms with E-state index < -0.39 is 16.9 Å². The van der Waals surface area contributed by atoms with E-state index in [0.717, 1.165) is 0 Å². The second-order valence-electron chi connectivity index (χ2n) is 5.00. The molecule has 0 bridgehead atoms. The normalized spacial score (nSPS) is 24.4. The first-order valence-corrected chi connectivity index (χ1v) is 6.41. The molecule has 1 N–H and O–H groups in total. The number of rotatable bonds is 2. The highest BCUT2D eigenvalue weighted by atomic mass is 16.6. The third-order valence-electron chi connectivity index (χ3n) is 3.64. The standard InChI is InChI=1S/C13H13N3O4/c17-12-5-6-15(10-4-2-1-3-9(10)14-12)13(18)8-7-11(8)16(19)20/h1-4,8,11H,5-7H2,(H,14,17)/t8-,11+/m1/s1. The van der Waals surface area contributed by atoms with Crippen LogP contribution in [0, 0.1) is 16.0 Å². The molecule has 1 heterocycles. The van der Waals surface area contributed by atoms with Crippen LogP contribution < -0.4 is 10.2 Å². The molecule has 1 fully saturated rings. The first-order valence-electron chi connectivity index (χ1n) is 6.41. The van der Waals surface area contributed by atoms with Crippen molar-refractivity contribution in [3.63, 3.8) is 0 Å². The lowest BCUT2D eigenvalue weighted by molar-refractivity contribution is -0.497. The predicted octanol–water partition coefficient (Wildman–Crippen LogP) is 1.03. The van der Waals surface area contributed by atoms with Crippen LogP contribution in [-0.2, 0) is 9.59 Å². The number of anilines is 2. The Balaban J connectivity index is 1.88. The molecular weight excluding hydrogens is 262 g/mol. The monoisotopic (exact) mass is 275 g/mol. The Morgan fingerprint density at radius 2 is 2.15 bits per heavy atom. The lowest BCUT2D eigenvalue weighted by atomic mass is 10.2. The molecule has 1 aliphatic heterocycles. The summed E-state index contributed by atoms with van der Waals surface area (Å²) in [6, 6.07) is 6.22. The van der Waals surface area contributed by atoms with Gasteiger partial charge in [-0.1, -0.05) is 12.1 Å². The first kappa shape index (κ1) is 12.6. The molecule has 104 valence electrons. The maximum atomic E-state index is 12.4. The van der Waals surface area contributed by atoms with Crippen molar-refractivity contribution in [2.45, 2.75) is 18.9 Å². The lowest BCUT2D eigenvalue weighted by Gasteiger charge is -2.21. The summed E-state index contributed by atoms with van der Waals surface area (Å²) in [4.78, 5) is 35.8. The van der Waals surface area contributed by atoms with Gasteiger partial charge in [-0.3, -0.25) is 19.7 Å². The molecule has 1 aromatic rings. The van der Waals surface area contributed by atoms with Gasteiger partial charge in [-0.2, -0.15) is 0 Å². The molecule has 0 radical (unpaired) electrons. The van der Waals surface area contributed by atoms with E-state index in [1.165, 1.54) is 4.90 Å². The van der Waals surface area contributed by atoms with Crippen LogP contribution in [0.3, 0.4) is 0 Å². The molecule has 0 unspecified atom stereocenters. The van der Waals surface area contributed by atoms with Crippen molar-refractivity contribution < 1.29 is 14.5 Å². The van der Waals surface area contributed by atoms with Crippen LogP contribution >= 0.6 is 0 Å². The fourth-order valence-electron chi connectivity index (χ4n) is 2.47. The molecule has 2 amide bonds. The Hall–Kier alpha value is -2.44. The third-order valence-corrected chi connectivity index (χ3v) is 3.64. The highest BCUT2D eigenvalue weighted by Gasteiger charge is 2.55. The van der Waals surface area contributed by atoms with Crippen LogP contribution in [0.25, 0.3) is 0 Å². The molecule has 0 saturated heterocycles. The Morgan fingerprint density at radius 1 is 1.40 bits per heavy atom. The number of fused-ring (bicyclic) bond motifs is 1. The number of carbonyl (C=O) groups excluding carboxylic acids is 2. The van der Waals surface area contributed by atoms with Crippen LogP contribution in [0.4, 0.5) is 11.4 Å². The van der Waals surface area contributed by atoms with Gasteiger partial charge in [0.05, 0.1) is 11.4 Å². The van der Waals surface area contributed by atoms with Gasteiger partial charge < -0.3 is 10.2 Å². The molecule has 3 rings (SSSR count). The quantitative estimate of drug-likeness (QED) is 0.644. The van der Waals surface area contributed by atoms with Gasteiger partial charge in [0.2, 0.25) is 17.9 Å². The highest BCUT2D eigenvalue weighted by molar-refractivity contribution is 6.05. The van der Waals surface area contributed by atoms with Gasteiger partial charge in [0, 0.05) is 24.3 Å². The fraction of sp³-hybridized carbons (Fsp3) is 0.385. The molecule has 20 heavy (non-hydrogen) atoms. The van der Waals surface area contributed by atoms with Crippen molar-refractivity contribution in [1.82, 2.24) is 0 Å². The summed E-state index contributed by atoms with van der Waals surface area (Å²) in [5.41, 5.74) is 1.18. The van der Waals surface area contributed by atoms with Gasteiger partial charge in [0.15, 0.2) is 0 Å². The highest BCUT2D eigenvalue weighted by Crippen LogP contribution is 2.38. The van der Waals surface area contributed by atoms with E-state index >= 15 is 0 Å². The Morgan fingerprint density at radius 3 is 2.85 bits per heavy atom. The SMILES string of the molecule is O=C1CCN(C(=O)[C@@H]2C[C@@H]2[N+](=O)[O-])c2ccccc2N1. The molecule has 0 aromatic heterocycles. The minimum Gasteiger partial charge on any atom is -0.324 e. The number of amides is 2. The second-order valence-corrected chi connectivity index (χ2v) is 5.00. The van der Waals surface area contributed by atoms with Crippen molar-refractivity contribution in [1.29, 1.82) is 0 Å². The summed E-state index contributed by atoms with van der Waals surface area (Å²) in [6.07, 6.45) is 0.474. The van der Waals surface area contributed by atoms with Crippen molar-refractivity contribution >= 4 is 23.2 Å². The van der Waals surface area contributed by atoms with Crippen LogP contribution in [0.2, 0.25) is 0 Å². The maximum absolute atomic E-state index is 12.4. The van der Waals surface area contributed by atoms with Gasteiger partial charge in [0.25, 0.3) is 0 Å². The van der Waals surface area contributed by atoms with Crippen molar-refractivity contribution in [2.24, 2.45) is 5.92 Å². The first-order chi connectivity index (χ1) is 9.58. The zero-order valence-corrected chi connectivity index (χ0v) is 10.6. The molecular formula is C13H13N3O4. The molecule has 7 nitrogen and oxygen atoms in total. The Labute approximate surface area is 114 Å². The van der Waals surface area contributed by atoms with Gasteiger partial charge in [0.1, 0.15) is 5.92 Å². The second kappa shape index (κ2) is 4.59. The number of nitro groups is 1. The number of hydrogen-bond donors (Lipinski definition) is 1. The minimum absolute atomic E-state index is 0.158. The van der Waals surface area contributed by atoms with Crippen molar-refractivity contribution in [3.8, 4) is 0 Å². The summed E-state index contributed by atoms with van der Waals surface area (Å²) in [7, 11) is 0. The number of carbonyl (C=O) groups is 2. The molecule has 2 atom stereocenters. The summed E-state index contributed by atoms with van der Waals surface area (Å²) < 4.78 is 0. The zero-order valence-electron chi connectivity index (χ0n) is 10.6. The minimum atomic E-state index is -0.776. The smallest absolute Gasteiger partial charge is 0.237 e. The van der Waals surface area contributed by atoms with Crippen molar-refractivity contribution in [3.05, 3.63) is 34.4 Å². The summed E-state index contributed by atoms with van der Waals surface area (Å²) in [5.74, 6) is -0.990. The lowest BCUT2D eigenvalue weighted by Crippen LogP contribution is -2.34. The van der Waals surface area contributed by atoms with Gasteiger partial charge in [-0.05, 0) is 12.1 Å². The fourth-order valence-corrected chi connectivity index (χ4v) is 2.47. The number of benzene rings is 1. The van der Waals surface area contributed by atoms with Gasteiger partial charge in [-0.25, -0.2) is 0 Å². The number of nitrogens with one attached hydrogen (secondary N) is 1. The Bertz CT molecular complexity index is 601. The average Bonchev–Trinajstić information content (AvgIpc) is 3.21. The third kappa shape index (κ3) is 2.11. The van der Waals surface area contributed by atoms with Gasteiger partial charge in [-0.15, -0.1) is 0 Å². The van der Waals surface area contributed by atoms with E-state index in [9.17, 15) is 19.7 Å². The topological polar surface area (TPSA) is 92.5 Å². The van der Waals surface area contributed by atoms with Gasteiger partial charge >= 0.3 is 0 Å². The zero-order chi connectivity index (χ0) is 14.3. The largest absolute Gasteiger partial charge is 0.324 e. The van der Waals surface area contributed by atoms with Crippen LogP contribution in [0.1, 0.15) is 12.8 Å².